The van der Waals surface area contributed by atoms with Gasteiger partial charge in [-0.25, -0.2) is 4.84 Å². The summed E-state index contributed by atoms with van der Waals surface area (Å²) in [6.45, 7) is 0. The van der Waals surface area contributed by atoms with Gasteiger partial charge in [-0.2, -0.15) is 18.7 Å². The average molecular weight is 427 g/mol. The van der Waals surface area contributed by atoms with E-state index < -0.39 is 11.7 Å². The number of rotatable bonds is 5. The van der Waals surface area contributed by atoms with Gasteiger partial charge in [0.25, 0.3) is 5.91 Å². The molecule has 1 aliphatic heterocycles. The molecule has 28 heavy (non-hydrogen) atoms. The monoisotopic (exact) mass is 427 g/mol. The second-order valence-corrected chi connectivity index (χ2v) is 7.35. The third-order valence-electron chi connectivity index (χ3n) is 3.61. The van der Waals surface area contributed by atoms with Gasteiger partial charge in [-0.1, -0.05) is 36.1 Å². The first-order valence-corrected chi connectivity index (χ1v) is 9.09. The maximum absolute atomic E-state index is 12.9. The minimum Gasteiger partial charge on any atom is -0.451 e. The molecule has 0 saturated carbocycles. The molecular formula is C18H14F3N2O3S2+. The van der Waals surface area contributed by atoms with Crippen molar-refractivity contribution in [3.63, 3.8) is 0 Å². The van der Waals surface area contributed by atoms with E-state index in [1.807, 2.05) is 0 Å². The van der Waals surface area contributed by atoms with Gasteiger partial charge in [0.1, 0.15) is 10.1 Å². The number of nitrogens with one attached hydrogen (secondary N) is 1. The van der Waals surface area contributed by atoms with Crippen molar-refractivity contribution < 1.29 is 33.0 Å². The number of carbonyl (C=O) groups excluding carboxylic acids is 1. The van der Waals surface area contributed by atoms with Crippen LogP contribution in [0.15, 0.2) is 47.4 Å². The van der Waals surface area contributed by atoms with E-state index in [1.165, 1.54) is 18.7 Å². The van der Waals surface area contributed by atoms with Crippen LogP contribution in [-0.2, 0) is 15.8 Å². The molecule has 1 fully saturated rings. The van der Waals surface area contributed by atoms with Crippen LogP contribution in [0.4, 0.5) is 18.9 Å². The average Bonchev–Trinajstić information content (AvgIpc) is 2.93. The van der Waals surface area contributed by atoms with Gasteiger partial charge in [0, 0.05) is 6.07 Å². The van der Waals surface area contributed by atoms with Crippen molar-refractivity contribution in [2.45, 2.75) is 6.18 Å². The predicted octanol–water partition coefficient (Wildman–Crippen LogP) is 3.74. The van der Waals surface area contributed by atoms with Gasteiger partial charge in [-0.05, 0) is 35.9 Å². The standard InChI is InChI=1S/C18H13F3N2O3S2/c1-25-23-13-9-11(18(19,20)21)5-6-14(13)26-12-4-2-3-10(7-12)8-15-16(24)22-17(27)28-15/h2-9,23H,1H3,(H,22,24,27)/p+1/b15-8+. The lowest BCUT2D eigenvalue weighted by Gasteiger charge is -2.12. The lowest BCUT2D eigenvalue weighted by atomic mass is 10.1. The molecule has 0 atom stereocenters. The molecule has 0 spiro atoms. The van der Waals surface area contributed by atoms with Crippen LogP contribution in [0.2, 0.25) is 0 Å². The van der Waals surface area contributed by atoms with Crippen molar-refractivity contribution in [3.8, 4) is 11.5 Å². The topological polar surface area (TPSA) is 64.2 Å². The molecule has 146 valence electrons. The predicted molar refractivity (Wildman–Crippen MR) is 103 cm³/mol. The molecule has 2 aromatic carbocycles. The number of hydrogen-bond acceptors (Lipinski definition) is 5. The van der Waals surface area contributed by atoms with Crippen LogP contribution in [-0.4, -0.2) is 17.3 Å². The summed E-state index contributed by atoms with van der Waals surface area (Å²) in [5.74, 6) is 0.320. The highest BCUT2D eigenvalue weighted by Crippen LogP contribution is 2.35. The highest BCUT2D eigenvalue weighted by atomic mass is 32.2. The molecule has 1 saturated heterocycles. The van der Waals surface area contributed by atoms with Crippen LogP contribution in [0.1, 0.15) is 11.1 Å². The number of nitrogens with two attached hydrogens (primary N) is 1. The number of ether oxygens (including phenoxy) is 1. The van der Waals surface area contributed by atoms with Crippen molar-refractivity contribution in [3.05, 3.63) is 58.5 Å². The molecule has 3 rings (SSSR count). The maximum Gasteiger partial charge on any atom is 0.416 e. The van der Waals surface area contributed by atoms with Gasteiger partial charge in [0.15, 0.2) is 5.75 Å². The number of benzene rings is 2. The van der Waals surface area contributed by atoms with Crippen LogP contribution in [0.3, 0.4) is 0 Å². The SMILES string of the molecule is CO[NH2+]c1cc(C(F)(F)F)ccc1Oc1cccc(/C=C2/SC(=S)NC2=O)c1. The Morgan fingerprint density at radius 2 is 2.00 bits per heavy atom. The fourth-order valence-corrected chi connectivity index (χ4v) is 3.45. The normalized spacial score (nSPS) is 15.8. The third kappa shape index (κ3) is 4.90. The van der Waals surface area contributed by atoms with Gasteiger partial charge in [-0.3, -0.25) is 4.79 Å². The Bertz CT molecular complexity index is 961. The summed E-state index contributed by atoms with van der Waals surface area (Å²) in [6, 6.07) is 9.92. The fourth-order valence-electron chi connectivity index (χ4n) is 2.40. The van der Waals surface area contributed by atoms with Gasteiger partial charge in [0.05, 0.1) is 17.6 Å². The zero-order valence-corrected chi connectivity index (χ0v) is 16.0. The molecule has 10 heteroatoms. The molecular weight excluding hydrogens is 413 g/mol. The Hall–Kier alpha value is -2.40. The lowest BCUT2D eigenvalue weighted by Crippen LogP contribution is -2.76. The van der Waals surface area contributed by atoms with E-state index in [0.29, 0.717) is 20.5 Å². The molecule has 1 aliphatic rings. The Kier molecular flexibility index (Phi) is 6.04. The highest BCUT2D eigenvalue weighted by molar-refractivity contribution is 8.26. The second kappa shape index (κ2) is 8.31. The highest BCUT2D eigenvalue weighted by Gasteiger charge is 2.32. The number of quaternary nitrogens is 1. The van der Waals surface area contributed by atoms with E-state index in [-0.39, 0.29) is 17.3 Å². The smallest absolute Gasteiger partial charge is 0.416 e. The van der Waals surface area contributed by atoms with Crippen molar-refractivity contribution in [1.29, 1.82) is 0 Å². The van der Waals surface area contributed by atoms with Gasteiger partial charge in [-0.15, -0.1) is 0 Å². The molecule has 1 heterocycles. The summed E-state index contributed by atoms with van der Waals surface area (Å²) < 4.78 is 44.9. The first kappa shape index (κ1) is 20.3. The number of amides is 1. The third-order valence-corrected chi connectivity index (χ3v) is 4.77. The maximum atomic E-state index is 12.9. The van der Waals surface area contributed by atoms with Crippen LogP contribution < -0.4 is 15.5 Å². The van der Waals surface area contributed by atoms with E-state index in [4.69, 9.17) is 21.8 Å². The summed E-state index contributed by atoms with van der Waals surface area (Å²) in [6.07, 6.45) is -2.82. The van der Waals surface area contributed by atoms with Crippen molar-refractivity contribution in [2.24, 2.45) is 0 Å². The fraction of sp³-hybridized carbons (Fsp3) is 0.111. The van der Waals surface area contributed by atoms with Crippen molar-refractivity contribution in [1.82, 2.24) is 5.32 Å². The van der Waals surface area contributed by atoms with Crippen LogP contribution in [0.5, 0.6) is 11.5 Å². The Morgan fingerprint density at radius 3 is 2.64 bits per heavy atom. The molecule has 0 aliphatic carbocycles. The quantitative estimate of drug-likeness (QED) is 0.329. The first-order valence-electron chi connectivity index (χ1n) is 7.86. The van der Waals surface area contributed by atoms with Crippen molar-refractivity contribution in [2.75, 3.05) is 7.11 Å². The molecule has 3 N–H and O–H groups in total. The Morgan fingerprint density at radius 1 is 1.21 bits per heavy atom. The summed E-state index contributed by atoms with van der Waals surface area (Å²) in [5, 5.41) is 2.53. The zero-order chi connectivity index (χ0) is 20.3. The summed E-state index contributed by atoms with van der Waals surface area (Å²) >= 11 is 6.10. The van der Waals surface area contributed by atoms with Crippen LogP contribution in [0.25, 0.3) is 6.08 Å². The van der Waals surface area contributed by atoms with Gasteiger partial charge >= 0.3 is 6.18 Å². The van der Waals surface area contributed by atoms with Gasteiger partial charge < -0.3 is 10.1 Å². The molecule has 5 nitrogen and oxygen atoms in total. The molecule has 0 aromatic heterocycles. The second-order valence-electron chi connectivity index (χ2n) is 5.63. The Balaban J connectivity index is 1.87. The number of alkyl halides is 3. The van der Waals surface area contributed by atoms with Crippen LogP contribution in [0, 0.1) is 0 Å². The Labute approximate surface area is 167 Å². The van der Waals surface area contributed by atoms with Crippen molar-refractivity contribution >= 4 is 46.0 Å². The number of carbonyl (C=O) groups is 1. The number of thioether (sulfide) groups is 1. The molecule has 0 unspecified atom stereocenters. The van der Waals surface area contributed by atoms with Gasteiger partial charge in [0.2, 0.25) is 5.69 Å². The molecule has 0 bridgehead atoms. The number of hydrogen-bond donors (Lipinski definition) is 2. The lowest BCUT2D eigenvalue weighted by molar-refractivity contribution is -0.830. The summed E-state index contributed by atoms with van der Waals surface area (Å²) in [4.78, 5) is 17.1. The molecule has 1 amide bonds. The van der Waals surface area contributed by atoms with E-state index in [9.17, 15) is 18.0 Å². The largest absolute Gasteiger partial charge is 0.451 e. The first-order chi connectivity index (χ1) is 13.3. The summed E-state index contributed by atoms with van der Waals surface area (Å²) in [5.41, 5.74) is 1.21. The van der Waals surface area contributed by atoms with E-state index >= 15 is 0 Å². The van der Waals surface area contributed by atoms with Crippen LogP contribution >= 0.6 is 24.0 Å². The number of halogens is 3. The van der Waals surface area contributed by atoms with E-state index in [1.54, 1.807) is 30.3 Å². The molecule has 2 aromatic rings. The number of thiocarbonyl (C=S) groups is 1. The summed E-state index contributed by atoms with van der Waals surface area (Å²) in [7, 11) is 1.34. The van der Waals surface area contributed by atoms with E-state index in [2.05, 4.69) is 5.32 Å². The minimum absolute atomic E-state index is 0.150. The van der Waals surface area contributed by atoms with E-state index in [0.717, 1.165) is 23.9 Å². The molecule has 0 radical (unpaired) electrons. The minimum atomic E-state index is -4.47. The zero-order valence-electron chi connectivity index (χ0n) is 14.4.